The molecule has 1 fully saturated rings. The molecule has 1 saturated heterocycles. The molecular weight excluding hydrogens is 559 g/mol. The van der Waals surface area contributed by atoms with Crippen molar-refractivity contribution >= 4 is 45.9 Å². The average molecular weight is 592 g/mol. The number of nitrogens with one attached hydrogen (secondary N) is 1. The first-order valence-corrected chi connectivity index (χ1v) is 14.4. The van der Waals surface area contributed by atoms with Crippen molar-refractivity contribution in [1.82, 2.24) is 10.2 Å². The number of ether oxygens (including phenoxy) is 1. The van der Waals surface area contributed by atoms with Crippen LogP contribution in [0.15, 0.2) is 78.9 Å². The highest BCUT2D eigenvalue weighted by atomic mass is 35.5. The molecule has 4 aromatic rings. The number of benzene rings is 4. The molecule has 0 radical (unpaired) electrons. The van der Waals surface area contributed by atoms with Gasteiger partial charge < -0.3 is 15.2 Å². The van der Waals surface area contributed by atoms with E-state index in [4.69, 9.17) is 33.0 Å². The van der Waals surface area contributed by atoms with E-state index >= 15 is 0 Å². The molecule has 2 N–H and O–H groups in total. The molecular formula is C33H32Cl2N2O4. The molecule has 1 aliphatic heterocycles. The minimum atomic E-state index is -0.945. The van der Waals surface area contributed by atoms with E-state index in [1.165, 1.54) is 5.56 Å². The van der Waals surface area contributed by atoms with Crippen molar-refractivity contribution in [1.29, 1.82) is 0 Å². The Hall–Kier alpha value is -3.58. The number of halogens is 2. The maximum Gasteiger partial charge on any atom is 0.305 e. The summed E-state index contributed by atoms with van der Waals surface area (Å²) in [6.07, 6.45) is 0.797. The van der Waals surface area contributed by atoms with Crippen molar-refractivity contribution in [3.63, 3.8) is 0 Å². The Morgan fingerprint density at radius 2 is 1.63 bits per heavy atom. The van der Waals surface area contributed by atoms with Crippen LogP contribution in [-0.4, -0.2) is 42.1 Å². The maximum atomic E-state index is 12.5. The lowest BCUT2D eigenvalue weighted by molar-refractivity contribution is -0.136. The summed E-state index contributed by atoms with van der Waals surface area (Å²) < 4.78 is 5.41. The second-order valence-corrected chi connectivity index (χ2v) is 11.4. The largest absolute Gasteiger partial charge is 0.497 e. The molecule has 212 valence electrons. The van der Waals surface area contributed by atoms with E-state index in [1.54, 1.807) is 25.3 Å². The maximum absolute atomic E-state index is 12.5. The van der Waals surface area contributed by atoms with E-state index in [1.807, 2.05) is 36.4 Å². The van der Waals surface area contributed by atoms with Crippen LogP contribution in [0.3, 0.4) is 0 Å². The third kappa shape index (κ3) is 6.67. The average Bonchev–Trinajstić information content (AvgIpc) is 3.41. The van der Waals surface area contributed by atoms with Gasteiger partial charge in [-0.2, -0.15) is 0 Å². The number of carboxylic acids is 1. The van der Waals surface area contributed by atoms with Crippen LogP contribution in [0.1, 0.15) is 64.8 Å². The first-order valence-electron chi connectivity index (χ1n) is 13.6. The molecule has 1 amide bonds. The number of rotatable bonds is 9. The zero-order valence-electron chi connectivity index (χ0n) is 22.9. The van der Waals surface area contributed by atoms with Crippen LogP contribution in [0.25, 0.3) is 10.8 Å². The normalized spacial score (nSPS) is 17.9. The van der Waals surface area contributed by atoms with Crippen LogP contribution < -0.4 is 10.1 Å². The van der Waals surface area contributed by atoms with Gasteiger partial charge in [0.25, 0.3) is 5.91 Å². The van der Waals surface area contributed by atoms with Crippen molar-refractivity contribution in [2.75, 3.05) is 20.2 Å². The van der Waals surface area contributed by atoms with Crippen LogP contribution in [0.5, 0.6) is 5.75 Å². The van der Waals surface area contributed by atoms with E-state index in [0.29, 0.717) is 15.6 Å². The highest BCUT2D eigenvalue weighted by Crippen LogP contribution is 2.46. The van der Waals surface area contributed by atoms with Crippen LogP contribution in [0.4, 0.5) is 0 Å². The minimum Gasteiger partial charge on any atom is -0.497 e. The van der Waals surface area contributed by atoms with Gasteiger partial charge in [0.1, 0.15) is 5.75 Å². The number of carbonyl (C=O) groups excluding carboxylic acids is 1. The number of hydrogen-bond donors (Lipinski definition) is 2. The van der Waals surface area contributed by atoms with Gasteiger partial charge in [0.05, 0.1) is 13.5 Å². The van der Waals surface area contributed by atoms with Gasteiger partial charge in [-0.1, -0.05) is 53.5 Å². The van der Waals surface area contributed by atoms with Gasteiger partial charge in [0, 0.05) is 40.8 Å². The summed E-state index contributed by atoms with van der Waals surface area (Å²) in [5.41, 5.74) is 3.95. The summed E-state index contributed by atoms with van der Waals surface area (Å²) in [5, 5.41) is 15.0. The number of fused-ring (bicyclic) bond motifs is 1. The second kappa shape index (κ2) is 12.5. The zero-order chi connectivity index (χ0) is 29.1. The molecule has 0 bridgehead atoms. The molecule has 0 saturated carbocycles. The Bertz CT molecular complexity index is 1550. The molecule has 8 heteroatoms. The Morgan fingerprint density at radius 1 is 0.951 bits per heavy atom. The zero-order valence-corrected chi connectivity index (χ0v) is 24.5. The molecule has 0 spiro atoms. The Balaban J connectivity index is 1.43. The monoisotopic (exact) mass is 590 g/mol. The van der Waals surface area contributed by atoms with Gasteiger partial charge in [-0.15, -0.1) is 0 Å². The lowest BCUT2D eigenvalue weighted by Gasteiger charge is -2.31. The number of aliphatic carboxylic acids is 1. The molecule has 0 aliphatic carbocycles. The van der Waals surface area contributed by atoms with Crippen molar-refractivity contribution in [2.24, 2.45) is 0 Å². The molecule has 0 aromatic heterocycles. The van der Waals surface area contributed by atoms with E-state index in [0.717, 1.165) is 40.6 Å². The third-order valence-corrected chi connectivity index (χ3v) is 8.37. The number of hydrogen-bond acceptors (Lipinski definition) is 4. The molecule has 5 rings (SSSR count). The standard InChI is InChI=1S/C33H32Cl2N2O4/c1-20(21-3-5-22(6-4-21)33(40)36-12-11-32(38)39)37-19-27(26-14-28(34)18-29(35)15-26)17-31(37)25-8-7-24-16-30(41-2)10-9-23(24)13-25/h3-10,13-16,18,20,27,31H,11-12,17,19H2,1-2H3,(H,36,40)(H,38,39)/t20?,27-,31+/m0/s1. The summed E-state index contributed by atoms with van der Waals surface area (Å²) >= 11 is 12.8. The Morgan fingerprint density at radius 3 is 2.32 bits per heavy atom. The van der Waals surface area contributed by atoms with Gasteiger partial charge in [-0.3, -0.25) is 14.5 Å². The summed E-state index contributed by atoms with van der Waals surface area (Å²) in [7, 11) is 1.67. The fourth-order valence-corrected chi connectivity index (χ4v) is 6.28. The first kappa shape index (κ1) is 28.9. The van der Waals surface area contributed by atoms with Gasteiger partial charge in [-0.05, 0) is 95.3 Å². The molecule has 1 unspecified atom stereocenters. The van der Waals surface area contributed by atoms with Gasteiger partial charge in [-0.25, -0.2) is 0 Å². The number of carbonyl (C=O) groups is 2. The molecule has 41 heavy (non-hydrogen) atoms. The van der Waals surface area contributed by atoms with E-state index in [-0.39, 0.29) is 36.9 Å². The predicted octanol–water partition coefficient (Wildman–Crippen LogP) is 7.65. The van der Waals surface area contributed by atoms with E-state index in [9.17, 15) is 9.59 Å². The smallest absolute Gasteiger partial charge is 0.305 e. The number of nitrogens with zero attached hydrogens (tertiary/aromatic N) is 1. The molecule has 1 heterocycles. The van der Waals surface area contributed by atoms with Crippen molar-refractivity contribution in [3.8, 4) is 5.75 Å². The first-order chi connectivity index (χ1) is 19.7. The summed E-state index contributed by atoms with van der Waals surface area (Å²) in [5.74, 6) is -0.155. The fourth-order valence-electron chi connectivity index (χ4n) is 5.74. The number of amides is 1. The number of methoxy groups -OCH3 is 1. The SMILES string of the molecule is COc1ccc2cc([C@H]3C[C@H](c4cc(Cl)cc(Cl)c4)CN3C(C)c3ccc(C(=O)NCCC(=O)O)cc3)ccc2c1. The van der Waals surface area contributed by atoms with Gasteiger partial charge >= 0.3 is 5.97 Å². The number of carboxylic acid groups (broad SMARTS) is 1. The summed E-state index contributed by atoms with van der Waals surface area (Å²) in [4.78, 5) is 25.7. The third-order valence-electron chi connectivity index (χ3n) is 7.93. The lowest BCUT2D eigenvalue weighted by atomic mass is 9.93. The highest BCUT2D eigenvalue weighted by molar-refractivity contribution is 6.34. The summed E-state index contributed by atoms with van der Waals surface area (Å²) in [6.45, 7) is 3.10. The quantitative estimate of drug-likeness (QED) is 0.209. The van der Waals surface area contributed by atoms with Crippen molar-refractivity contribution < 1.29 is 19.4 Å². The van der Waals surface area contributed by atoms with Crippen molar-refractivity contribution in [3.05, 3.63) is 111 Å². The van der Waals surface area contributed by atoms with Crippen molar-refractivity contribution in [2.45, 2.75) is 37.8 Å². The topological polar surface area (TPSA) is 78.9 Å². The van der Waals surface area contributed by atoms with Crippen LogP contribution in [0, 0.1) is 0 Å². The van der Waals surface area contributed by atoms with E-state index in [2.05, 4.69) is 41.4 Å². The van der Waals surface area contributed by atoms with Gasteiger partial charge in [0.2, 0.25) is 0 Å². The second-order valence-electron chi connectivity index (χ2n) is 10.5. The summed E-state index contributed by atoms with van der Waals surface area (Å²) in [6, 6.07) is 26.3. The highest BCUT2D eigenvalue weighted by Gasteiger charge is 2.37. The Labute approximate surface area is 249 Å². The lowest BCUT2D eigenvalue weighted by Crippen LogP contribution is -2.28. The Kier molecular flexibility index (Phi) is 8.83. The predicted molar refractivity (Wildman–Crippen MR) is 163 cm³/mol. The molecule has 1 aliphatic rings. The van der Waals surface area contributed by atoms with Crippen LogP contribution in [-0.2, 0) is 4.79 Å². The molecule has 6 nitrogen and oxygen atoms in total. The molecule has 3 atom stereocenters. The van der Waals surface area contributed by atoms with Gasteiger partial charge in [0.15, 0.2) is 0 Å². The minimum absolute atomic E-state index is 0.0651. The van der Waals surface area contributed by atoms with E-state index < -0.39 is 5.97 Å². The number of likely N-dealkylation sites (tertiary alicyclic amines) is 1. The van der Waals surface area contributed by atoms with Crippen LogP contribution in [0.2, 0.25) is 10.0 Å². The van der Waals surface area contributed by atoms with Crippen LogP contribution >= 0.6 is 23.2 Å². The molecule has 4 aromatic carbocycles. The fraction of sp³-hybridized carbons (Fsp3) is 0.273.